The molecule has 3 fully saturated rings. The van der Waals surface area contributed by atoms with Gasteiger partial charge in [-0.1, -0.05) is 54.1 Å². The van der Waals surface area contributed by atoms with Crippen LogP contribution in [0.4, 0.5) is 0 Å². The van der Waals surface area contributed by atoms with Gasteiger partial charge in [0.15, 0.2) is 0 Å². The van der Waals surface area contributed by atoms with E-state index < -0.39 is 5.60 Å². The van der Waals surface area contributed by atoms with Gasteiger partial charge in [-0.3, -0.25) is 0 Å². The number of hydrogen-bond acceptors (Lipinski definition) is 2. The quantitative estimate of drug-likeness (QED) is 0.873. The SMILES string of the molecule is Cc1ccc(CCC(O)(C2C=CC=CC2)C2CN3CCC2CC3)cc1. The molecule has 0 spiro atoms. The molecule has 1 aromatic rings. The Bertz CT molecular complexity index is 639. The zero-order chi connectivity index (χ0) is 17.3. The van der Waals surface area contributed by atoms with Crippen LogP contribution in [0.25, 0.3) is 0 Å². The Balaban J connectivity index is 1.56. The van der Waals surface area contributed by atoms with Crippen LogP contribution in [-0.2, 0) is 6.42 Å². The van der Waals surface area contributed by atoms with Crippen molar-refractivity contribution in [3.8, 4) is 0 Å². The van der Waals surface area contributed by atoms with E-state index in [1.165, 1.54) is 37.1 Å². The first-order chi connectivity index (χ1) is 12.1. The summed E-state index contributed by atoms with van der Waals surface area (Å²) in [4.78, 5) is 2.57. The van der Waals surface area contributed by atoms with Crippen LogP contribution in [0.5, 0.6) is 0 Å². The number of allylic oxidation sites excluding steroid dienone is 3. The van der Waals surface area contributed by atoms with E-state index in [0.29, 0.717) is 11.8 Å². The summed E-state index contributed by atoms with van der Waals surface area (Å²) >= 11 is 0. The molecule has 0 radical (unpaired) electrons. The standard InChI is InChI=1S/C23H31NO/c1-18-7-9-19(10-8-18)11-14-23(25,21-5-3-2-4-6-21)22-17-24-15-12-20(22)13-16-24/h2-5,7-10,20-22,25H,6,11-17H2,1H3. The zero-order valence-electron chi connectivity index (χ0n) is 15.4. The van der Waals surface area contributed by atoms with Crippen LogP contribution in [-0.4, -0.2) is 35.2 Å². The number of rotatable bonds is 5. The maximum Gasteiger partial charge on any atom is 0.0759 e. The molecule has 3 saturated heterocycles. The minimum atomic E-state index is -0.587. The number of benzene rings is 1. The molecule has 1 aromatic carbocycles. The highest BCUT2D eigenvalue weighted by atomic mass is 16.3. The Morgan fingerprint density at radius 2 is 1.88 bits per heavy atom. The van der Waals surface area contributed by atoms with E-state index in [4.69, 9.17) is 0 Å². The minimum absolute atomic E-state index is 0.258. The van der Waals surface area contributed by atoms with Crippen molar-refractivity contribution < 1.29 is 5.11 Å². The van der Waals surface area contributed by atoms with Crippen molar-refractivity contribution in [2.45, 2.75) is 44.6 Å². The summed E-state index contributed by atoms with van der Waals surface area (Å²) in [6.07, 6.45) is 14.1. The molecule has 25 heavy (non-hydrogen) atoms. The molecule has 4 aliphatic rings. The lowest BCUT2D eigenvalue weighted by atomic mass is 9.63. The lowest BCUT2D eigenvalue weighted by molar-refractivity contribution is -0.123. The molecule has 134 valence electrons. The van der Waals surface area contributed by atoms with E-state index in [2.05, 4.69) is 60.4 Å². The van der Waals surface area contributed by atoms with Gasteiger partial charge in [0.1, 0.15) is 0 Å². The van der Waals surface area contributed by atoms with Gasteiger partial charge in [0, 0.05) is 18.4 Å². The molecule has 3 heterocycles. The normalized spacial score (nSPS) is 33.4. The fourth-order valence-electron chi connectivity index (χ4n) is 5.23. The Morgan fingerprint density at radius 3 is 2.48 bits per heavy atom. The topological polar surface area (TPSA) is 23.5 Å². The van der Waals surface area contributed by atoms with Crippen LogP contribution in [0.3, 0.4) is 0 Å². The van der Waals surface area contributed by atoms with E-state index in [-0.39, 0.29) is 5.92 Å². The summed E-state index contributed by atoms with van der Waals surface area (Å²) in [6.45, 7) is 5.68. The average molecular weight is 338 g/mol. The molecule has 0 saturated carbocycles. The summed E-state index contributed by atoms with van der Waals surface area (Å²) in [5.74, 6) is 1.38. The van der Waals surface area contributed by atoms with Gasteiger partial charge in [-0.25, -0.2) is 0 Å². The third-order valence-corrected chi connectivity index (χ3v) is 6.86. The van der Waals surface area contributed by atoms with Crippen molar-refractivity contribution in [2.24, 2.45) is 17.8 Å². The zero-order valence-corrected chi connectivity index (χ0v) is 15.4. The van der Waals surface area contributed by atoms with Crippen molar-refractivity contribution in [3.63, 3.8) is 0 Å². The van der Waals surface area contributed by atoms with Crippen LogP contribution in [0, 0.1) is 24.7 Å². The molecule has 1 N–H and O–H groups in total. The molecular formula is C23H31NO. The second kappa shape index (κ2) is 7.09. The summed E-state index contributed by atoms with van der Waals surface area (Å²) in [5, 5.41) is 12.0. The highest BCUT2D eigenvalue weighted by Gasteiger charge is 2.49. The first kappa shape index (κ1) is 17.1. The number of hydrogen-bond donors (Lipinski definition) is 1. The van der Waals surface area contributed by atoms with Crippen molar-refractivity contribution in [3.05, 3.63) is 59.7 Å². The molecule has 5 rings (SSSR count). The molecule has 2 heteroatoms. The predicted molar refractivity (Wildman–Crippen MR) is 103 cm³/mol. The van der Waals surface area contributed by atoms with Crippen LogP contribution < -0.4 is 0 Å². The van der Waals surface area contributed by atoms with E-state index in [1.807, 2.05) is 0 Å². The highest BCUT2D eigenvalue weighted by molar-refractivity contribution is 5.23. The predicted octanol–water partition coefficient (Wildman–Crippen LogP) is 4.13. The number of aliphatic hydroxyl groups is 1. The smallest absolute Gasteiger partial charge is 0.0759 e. The van der Waals surface area contributed by atoms with Crippen LogP contribution in [0.2, 0.25) is 0 Å². The van der Waals surface area contributed by atoms with Crippen molar-refractivity contribution in [2.75, 3.05) is 19.6 Å². The number of fused-ring (bicyclic) bond motifs is 3. The summed E-state index contributed by atoms with van der Waals surface area (Å²) < 4.78 is 0. The molecule has 2 nitrogen and oxygen atoms in total. The van der Waals surface area contributed by atoms with Gasteiger partial charge in [0.05, 0.1) is 5.60 Å². The van der Waals surface area contributed by atoms with Crippen LogP contribution in [0.1, 0.15) is 36.8 Å². The van der Waals surface area contributed by atoms with Gasteiger partial charge >= 0.3 is 0 Å². The van der Waals surface area contributed by atoms with Gasteiger partial charge in [-0.15, -0.1) is 0 Å². The van der Waals surface area contributed by atoms with E-state index in [9.17, 15) is 5.11 Å². The van der Waals surface area contributed by atoms with Crippen molar-refractivity contribution in [1.29, 1.82) is 0 Å². The van der Waals surface area contributed by atoms with Crippen molar-refractivity contribution >= 4 is 0 Å². The first-order valence-corrected chi connectivity index (χ1v) is 9.99. The van der Waals surface area contributed by atoms with Crippen LogP contribution in [0.15, 0.2) is 48.6 Å². The molecule has 0 aromatic heterocycles. The van der Waals surface area contributed by atoms with Gasteiger partial charge in [0.2, 0.25) is 0 Å². The van der Waals surface area contributed by atoms with Gasteiger partial charge in [-0.2, -0.15) is 0 Å². The fraction of sp³-hybridized carbons (Fsp3) is 0.565. The van der Waals surface area contributed by atoms with E-state index in [0.717, 1.165) is 25.8 Å². The second-order valence-corrected chi connectivity index (χ2v) is 8.38. The largest absolute Gasteiger partial charge is 0.389 e. The molecular weight excluding hydrogens is 306 g/mol. The fourth-order valence-corrected chi connectivity index (χ4v) is 5.23. The van der Waals surface area contributed by atoms with Gasteiger partial charge < -0.3 is 10.0 Å². The molecule has 0 amide bonds. The third kappa shape index (κ3) is 3.47. The number of aryl methyl sites for hydroxylation is 2. The van der Waals surface area contributed by atoms with Crippen molar-refractivity contribution in [1.82, 2.24) is 4.90 Å². The van der Waals surface area contributed by atoms with E-state index >= 15 is 0 Å². The Labute approximate surface area is 152 Å². The summed E-state index contributed by atoms with van der Waals surface area (Å²) in [5.41, 5.74) is 2.06. The Morgan fingerprint density at radius 1 is 1.12 bits per heavy atom. The number of nitrogens with zero attached hydrogens (tertiary/aromatic N) is 1. The summed E-state index contributed by atoms with van der Waals surface area (Å²) in [7, 11) is 0. The maximum absolute atomic E-state index is 12.0. The molecule has 2 bridgehead atoms. The molecule has 3 unspecified atom stereocenters. The second-order valence-electron chi connectivity index (χ2n) is 8.38. The monoisotopic (exact) mass is 337 g/mol. The molecule has 3 atom stereocenters. The molecule has 3 aliphatic heterocycles. The van der Waals surface area contributed by atoms with Gasteiger partial charge in [0.25, 0.3) is 0 Å². The molecule has 1 aliphatic carbocycles. The first-order valence-electron chi connectivity index (χ1n) is 9.99. The lowest BCUT2D eigenvalue weighted by Gasteiger charge is -2.53. The lowest BCUT2D eigenvalue weighted by Crippen LogP contribution is -2.58. The third-order valence-electron chi connectivity index (χ3n) is 6.86. The Hall–Kier alpha value is -1.38. The minimum Gasteiger partial charge on any atom is -0.389 e. The summed E-state index contributed by atoms with van der Waals surface area (Å²) in [6, 6.07) is 8.82. The van der Waals surface area contributed by atoms with Crippen LogP contribution >= 0.6 is 0 Å². The maximum atomic E-state index is 12.0. The highest BCUT2D eigenvalue weighted by Crippen LogP contribution is 2.45. The Kier molecular flexibility index (Phi) is 4.84. The number of piperidine rings is 3. The average Bonchev–Trinajstić information content (AvgIpc) is 2.69. The van der Waals surface area contributed by atoms with E-state index in [1.54, 1.807) is 0 Å². The van der Waals surface area contributed by atoms with Gasteiger partial charge in [-0.05, 0) is 63.6 Å².